The molecule has 7 nitrogen and oxygen atoms in total. The number of fused-ring (bicyclic) bond motifs is 3. The van der Waals surface area contributed by atoms with Gasteiger partial charge < -0.3 is 14.5 Å². The Labute approximate surface area is 203 Å². The number of rotatable bonds is 7. The van der Waals surface area contributed by atoms with E-state index in [1.165, 1.54) is 0 Å². The van der Waals surface area contributed by atoms with Crippen molar-refractivity contribution in [3.63, 3.8) is 0 Å². The van der Waals surface area contributed by atoms with Crippen molar-refractivity contribution >= 4 is 43.4 Å². The SMILES string of the molecule is CCS(=O)(=O)c1cccc(-c2ccc(OCCN3CCOCC3)c3[nH]c4ncc(Cl)cc4c23)c1. The average Bonchev–Trinajstić information content (AvgIpc) is 3.24. The highest BCUT2D eigenvalue weighted by Crippen LogP contribution is 2.39. The van der Waals surface area contributed by atoms with E-state index < -0.39 is 9.84 Å². The van der Waals surface area contributed by atoms with Crippen LogP contribution in [-0.4, -0.2) is 68.5 Å². The van der Waals surface area contributed by atoms with E-state index in [9.17, 15) is 8.42 Å². The Balaban J connectivity index is 1.58. The third-order valence-corrected chi connectivity index (χ3v) is 8.13. The fourth-order valence-corrected chi connectivity index (χ4v) is 5.41. The van der Waals surface area contributed by atoms with Crippen molar-refractivity contribution in [1.29, 1.82) is 0 Å². The lowest BCUT2D eigenvalue weighted by molar-refractivity contribution is 0.0323. The summed E-state index contributed by atoms with van der Waals surface area (Å²) < 4.78 is 36.6. The number of pyridine rings is 1. The molecule has 1 fully saturated rings. The molecule has 0 aliphatic carbocycles. The van der Waals surface area contributed by atoms with Gasteiger partial charge in [0.15, 0.2) is 9.84 Å². The van der Waals surface area contributed by atoms with Crippen LogP contribution in [0.5, 0.6) is 5.75 Å². The summed E-state index contributed by atoms with van der Waals surface area (Å²) >= 11 is 6.28. The fraction of sp³-hybridized carbons (Fsp3) is 0.320. The van der Waals surface area contributed by atoms with Gasteiger partial charge in [0.1, 0.15) is 18.0 Å². The zero-order valence-electron chi connectivity index (χ0n) is 18.9. The second-order valence-corrected chi connectivity index (χ2v) is 11.0. The predicted molar refractivity (Wildman–Crippen MR) is 135 cm³/mol. The van der Waals surface area contributed by atoms with Crippen molar-refractivity contribution in [3.05, 3.63) is 53.7 Å². The van der Waals surface area contributed by atoms with Gasteiger partial charge in [0, 0.05) is 36.6 Å². The summed E-state index contributed by atoms with van der Waals surface area (Å²) in [6.07, 6.45) is 1.60. The Bertz CT molecular complexity index is 1450. The van der Waals surface area contributed by atoms with Gasteiger partial charge in [0.2, 0.25) is 0 Å². The molecule has 178 valence electrons. The van der Waals surface area contributed by atoms with Gasteiger partial charge in [-0.3, -0.25) is 4.90 Å². The minimum atomic E-state index is -3.33. The predicted octanol–water partition coefficient (Wildman–Crippen LogP) is 4.54. The number of H-pyrrole nitrogens is 1. The number of nitrogens with one attached hydrogen (secondary N) is 1. The van der Waals surface area contributed by atoms with Gasteiger partial charge in [0.25, 0.3) is 0 Å². The zero-order chi connectivity index (χ0) is 23.7. The molecule has 4 aromatic rings. The van der Waals surface area contributed by atoms with Crippen molar-refractivity contribution in [2.75, 3.05) is 45.2 Å². The van der Waals surface area contributed by atoms with Crippen LogP contribution in [-0.2, 0) is 14.6 Å². The Morgan fingerprint density at radius 2 is 2.00 bits per heavy atom. The molecule has 0 amide bonds. The molecular weight excluding hydrogens is 474 g/mol. The third-order valence-electron chi connectivity index (χ3n) is 6.19. The number of hydrogen-bond donors (Lipinski definition) is 1. The van der Waals surface area contributed by atoms with Crippen LogP contribution in [0.25, 0.3) is 33.1 Å². The van der Waals surface area contributed by atoms with Crippen molar-refractivity contribution in [3.8, 4) is 16.9 Å². The quantitative estimate of drug-likeness (QED) is 0.402. The minimum Gasteiger partial charge on any atom is -0.490 e. The van der Waals surface area contributed by atoms with Crippen LogP contribution in [0.1, 0.15) is 6.92 Å². The van der Waals surface area contributed by atoms with E-state index in [0.29, 0.717) is 22.2 Å². The molecule has 0 unspecified atom stereocenters. The second-order valence-electron chi connectivity index (χ2n) is 8.27. The Morgan fingerprint density at radius 3 is 2.79 bits per heavy atom. The van der Waals surface area contributed by atoms with Crippen LogP contribution in [0.3, 0.4) is 0 Å². The molecule has 1 aliphatic heterocycles. The number of nitrogens with zero attached hydrogens (tertiary/aromatic N) is 2. The van der Waals surface area contributed by atoms with Crippen LogP contribution >= 0.6 is 11.6 Å². The maximum Gasteiger partial charge on any atom is 0.178 e. The molecule has 9 heteroatoms. The van der Waals surface area contributed by atoms with Gasteiger partial charge in [-0.05, 0) is 41.5 Å². The van der Waals surface area contributed by atoms with Crippen molar-refractivity contribution in [2.24, 2.45) is 0 Å². The highest BCUT2D eigenvalue weighted by Gasteiger charge is 2.18. The van der Waals surface area contributed by atoms with E-state index >= 15 is 0 Å². The molecule has 0 saturated carbocycles. The number of hydrogen-bond acceptors (Lipinski definition) is 6. The topological polar surface area (TPSA) is 84.5 Å². The maximum atomic E-state index is 12.5. The summed E-state index contributed by atoms with van der Waals surface area (Å²) in [7, 11) is -3.33. The molecule has 2 aromatic carbocycles. The van der Waals surface area contributed by atoms with Gasteiger partial charge in [0.05, 0.1) is 34.4 Å². The van der Waals surface area contributed by atoms with Crippen LogP contribution < -0.4 is 4.74 Å². The third kappa shape index (κ3) is 4.51. The largest absolute Gasteiger partial charge is 0.490 e. The van der Waals surface area contributed by atoms with Crippen LogP contribution in [0.15, 0.2) is 53.6 Å². The van der Waals surface area contributed by atoms with E-state index in [2.05, 4.69) is 14.9 Å². The number of sulfone groups is 1. The Kier molecular flexibility index (Phi) is 6.48. The first-order valence-electron chi connectivity index (χ1n) is 11.3. The number of benzene rings is 2. The van der Waals surface area contributed by atoms with E-state index in [4.69, 9.17) is 21.1 Å². The molecule has 0 atom stereocenters. The normalized spacial score (nSPS) is 15.2. The summed E-state index contributed by atoms with van der Waals surface area (Å²) in [5.74, 6) is 0.771. The van der Waals surface area contributed by atoms with E-state index in [1.54, 1.807) is 31.3 Å². The lowest BCUT2D eigenvalue weighted by Crippen LogP contribution is -2.38. The molecule has 1 saturated heterocycles. The second kappa shape index (κ2) is 9.54. The molecular formula is C25H26ClN3O4S. The van der Waals surface area contributed by atoms with Gasteiger partial charge in [-0.15, -0.1) is 0 Å². The van der Waals surface area contributed by atoms with Crippen LogP contribution in [0.4, 0.5) is 0 Å². The standard InChI is InChI=1S/C25H26ClN3O4S/c1-2-34(30,31)19-5-3-4-17(14-19)20-6-7-22(33-13-10-29-8-11-32-12-9-29)24-23(20)21-15-18(26)16-27-25(21)28-24/h3-7,14-16H,2,8-13H2,1H3,(H,27,28). The van der Waals surface area contributed by atoms with Crippen LogP contribution in [0.2, 0.25) is 5.02 Å². The highest BCUT2D eigenvalue weighted by atomic mass is 35.5. The summed E-state index contributed by atoms with van der Waals surface area (Å²) in [6, 6.07) is 12.8. The fourth-order valence-electron chi connectivity index (χ4n) is 4.33. The summed E-state index contributed by atoms with van der Waals surface area (Å²) in [4.78, 5) is 10.5. The number of aromatic nitrogens is 2. The average molecular weight is 500 g/mol. The van der Waals surface area contributed by atoms with Gasteiger partial charge in [-0.25, -0.2) is 13.4 Å². The van der Waals surface area contributed by atoms with E-state index in [0.717, 1.165) is 66.0 Å². The van der Waals surface area contributed by atoms with Gasteiger partial charge in [-0.1, -0.05) is 30.7 Å². The number of aromatic amines is 1. The Morgan fingerprint density at radius 1 is 1.18 bits per heavy atom. The monoisotopic (exact) mass is 499 g/mol. The molecule has 5 rings (SSSR count). The lowest BCUT2D eigenvalue weighted by Gasteiger charge is -2.26. The van der Waals surface area contributed by atoms with E-state index in [1.807, 2.05) is 24.3 Å². The molecule has 2 aromatic heterocycles. The lowest BCUT2D eigenvalue weighted by atomic mass is 9.99. The summed E-state index contributed by atoms with van der Waals surface area (Å²) in [6.45, 7) is 6.32. The first kappa shape index (κ1) is 23.1. The summed E-state index contributed by atoms with van der Waals surface area (Å²) in [5.41, 5.74) is 3.20. The first-order valence-corrected chi connectivity index (χ1v) is 13.4. The van der Waals surface area contributed by atoms with Crippen molar-refractivity contribution < 1.29 is 17.9 Å². The van der Waals surface area contributed by atoms with Gasteiger partial charge >= 0.3 is 0 Å². The van der Waals surface area contributed by atoms with E-state index in [-0.39, 0.29) is 5.75 Å². The number of halogens is 1. The molecule has 34 heavy (non-hydrogen) atoms. The molecule has 0 bridgehead atoms. The Hall–Kier alpha value is -2.65. The molecule has 1 N–H and O–H groups in total. The van der Waals surface area contributed by atoms with Crippen LogP contribution in [0, 0.1) is 0 Å². The van der Waals surface area contributed by atoms with Crippen molar-refractivity contribution in [1.82, 2.24) is 14.9 Å². The smallest absolute Gasteiger partial charge is 0.178 e. The summed E-state index contributed by atoms with van der Waals surface area (Å²) in [5, 5.41) is 2.29. The molecule has 1 aliphatic rings. The number of ether oxygens (including phenoxy) is 2. The molecule has 0 spiro atoms. The molecule has 0 radical (unpaired) electrons. The minimum absolute atomic E-state index is 0.0500. The van der Waals surface area contributed by atoms with Crippen molar-refractivity contribution in [2.45, 2.75) is 11.8 Å². The van der Waals surface area contributed by atoms with Gasteiger partial charge in [-0.2, -0.15) is 0 Å². The first-order chi connectivity index (χ1) is 16.5. The highest BCUT2D eigenvalue weighted by molar-refractivity contribution is 7.91. The zero-order valence-corrected chi connectivity index (χ0v) is 20.5. The molecule has 3 heterocycles. The maximum absolute atomic E-state index is 12.5. The number of morpholine rings is 1.